The molecule has 25 heavy (non-hydrogen) atoms. The van der Waals surface area contributed by atoms with Crippen molar-refractivity contribution in [2.45, 2.75) is 33.9 Å². The van der Waals surface area contributed by atoms with Crippen molar-refractivity contribution in [3.63, 3.8) is 0 Å². The molecule has 0 aromatic carbocycles. The van der Waals surface area contributed by atoms with E-state index >= 15 is 0 Å². The van der Waals surface area contributed by atoms with Crippen LogP contribution in [0, 0.1) is 20.8 Å². The van der Waals surface area contributed by atoms with Gasteiger partial charge in [-0.15, -0.1) is 0 Å². The predicted octanol–water partition coefficient (Wildman–Crippen LogP) is 2.16. The molecule has 3 aromatic rings. The monoisotopic (exact) mass is 362 g/mol. The quantitative estimate of drug-likeness (QED) is 0.751. The average molecular weight is 363 g/mol. The smallest absolute Gasteiger partial charge is 0.316 e. The highest BCUT2D eigenvalue weighted by molar-refractivity contribution is 6.31. The molecule has 3 heterocycles. The standard InChI is InChI=1S/C16H19ClN6O2/c1-9-5-6-12(22(9)4)7-18-15(24)16-19-13(21-25-16)8-23-11(3)14(17)10(2)20-23/h5-6H,7-8H2,1-4H3,(H,18,24). The van der Waals surface area contributed by atoms with Crippen molar-refractivity contribution in [1.29, 1.82) is 0 Å². The van der Waals surface area contributed by atoms with Crippen LogP contribution in [0.25, 0.3) is 0 Å². The van der Waals surface area contributed by atoms with Gasteiger partial charge in [0, 0.05) is 18.4 Å². The van der Waals surface area contributed by atoms with Gasteiger partial charge in [-0.1, -0.05) is 16.8 Å². The molecule has 0 saturated heterocycles. The van der Waals surface area contributed by atoms with E-state index in [0.717, 1.165) is 22.8 Å². The number of amides is 1. The Labute approximate surface area is 149 Å². The molecular weight excluding hydrogens is 344 g/mol. The van der Waals surface area contributed by atoms with Gasteiger partial charge in [-0.05, 0) is 32.9 Å². The van der Waals surface area contributed by atoms with Crippen LogP contribution in [0.2, 0.25) is 5.02 Å². The number of aryl methyl sites for hydroxylation is 2. The fourth-order valence-corrected chi connectivity index (χ4v) is 2.60. The Kier molecular flexibility index (Phi) is 4.63. The lowest BCUT2D eigenvalue weighted by Crippen LogP contribution is -2.24. The molecule has 0 bridgehead atoms. The van der Waals surface area contributed by atoms with E-state index < -0.39 is 5.91 Å². The summed E-state index contributed by atoms with van der Waals surface area (Å²) in [5.41, 5.74) is 3.66. The normalized spacial score (nSPS) is 11.1. The maximum Gasteiger partial charge on any atom is 0.316 e. The van der Waals surface area contributed by atoms with Gasteiger partial charge in [0.2, 0.25) is 0 Å². The topological polar surface area (TPSA) is 90.8 Å². The van der Waals surface area contributed by atoms with Crippen molar-refractivity contribution in [1.82, 2.24) is 29.8 Å². The van der Waals surface area contributed by atoms with Gasteiger partial charge in [-0.25, -0.2) is 0 Å². The molecule has 0 aliphatic rings. The maximum atomic E-state index is 12.2. The summed E-state index contributed by atoms with van der Waals surface area (Å²) in [6, 6.07) is 3.95. The number of aromatic nitrogens is 5. The molecule has 9 heteroatoms. The van der Waals surface area contributed by atoms with Crippen LogP contribution in [0.15, 0.2) is 16.7 Å². The number of nitrogens with one attached hydrogen (secondary N) is 1. The fraction of sp³-hybridized carbons (Fsp3) is 0.375. The molecule has 0 aliphatic heterocycles. The van der Waals surface area contributed by atoms with Crippen LogP contribution in [0.1, 0.15) is 39.3 Å². The summed E-state index contributed by atoms with van der Waals surface area (Å²) in [4.78, 5) is 16.3. The Morgan fingerprint density at radius 1 is 1.32 bits per heavy atom. The van der Waals surface area contributed by atoms with Gasteiger partial charge in [0.05, 0.1) is 23.0 Å². The lowest BCUT2D eigenvalue weighted by Gasteiger charge is -2.05. The van der Waals surface area contributed by atoms with Crippen molar-refractivity contribution < 1.29 is 9.32 Å². The largest absolute Gasteiger partial charge is 0.350 e. The summed E-state index contributed by atoms with van der Waals surface area (Å²) < 4.78 is 8.73. The zero-order chi connectivity index (χ0) is 18.1. The van der Waals surface area contributed by atoms with Crippen LogP contribution >= 0.6 is 11.6 Å². The SMILES string of the molecule is Cc1nn(Cc2noc(C(=O)NCc3ccc(C)n3C)n2)c(C)c1Cl. The van der Waals surface area contributed by atoms with Gasteiger partial charge in [0.25, 0.3) is 0 Å². The number of hydrogen-bond acceptors (Lipinski definition) is 5. The summed E-state index contributed by atoms with van der Waals surface area (Å²) in [6.07, 6.45) is 0. The van der Waals surface area contributed by atoms with Crippen LogP contribution in [-0.4, -0.2) is 30.4 Å². The zero-order valence-corrected chi connectivity index (χ0v) is 15.3. The molecule has 132 valence electrons. The zero-order valence-electron chi connectivity index (χ0n) is 14.5. The van der Waals surface area contributed by atoms with Crippen LogP contribution in [0.4, 0.5) is 0 Å². The first-order valence-electron chi connectivity index (χ1n) is 7.78. The van der Waals surface area contributed by atoms with Gasteiger partial charge < -0.3 is 14.4 Å². The summed E-state index contributed by atoms with van der Waals surface area (Å²) in [5.74, 6) is -0.125. The molecule has 8 nitrogen and oxygen atoms in total. The Morgan fingerprint density at radius 3 is 2.68 bits per heavy atom. The second kappa shape index (κ2) is 6.72. The summed E-state index contributed by atoms with van der Waals surface area (Å²) in [7, 11) is 1.95. The third-order valence-electron chi connectivity index (χ3n) is 4.15. The molecule has 0 radical (unpaired) electrons. The molecule has 0 atom stereocenters. The van der Waals surface area contributed by atoms with Crippen molar-refractivity contribution in [3.8, 4) is 0 Å². The molecule has 0 fully saturated rings. The van der Waals surface area contributed by atoms with Crippen LogP contribution in [0.5, 0.6) is 0 Å². The Hall–Kier alpha value is -2.61. The number of carbonyl (C=O) groups excluding carboxylic acids is 1. The highest BCUT2D eigenvalue weighted by Crippen LogP contribution is 2.19. The minimum atomic E-state index is -0.413. The van der Waals surface area contributed by atoms with Crippen molar-refractivity contribution in [3.05, 3.63) is 51.6 Å². The van der Waals surface area contributed by atoms with Crippen molar-refractivity contribution in [2.75, 3.05) is 0 Å². The highest BCUT2D eigenvalue weighted by atomic mass is 35.5. The number of halogens is 1. The number of nitrogens with zero attached hydrogens (tertiary/aromatic N) is 5. The van der Waals surface area contributed by atoms with Crippen LogP contribution < -0.4 is 5.32 Å². The molecular formula is C16H19ClN6O2. The number of hydrogen-bond donors (Lipinski definition) is 1. The van der Waals surface area contributed by atoms with E-state index in [1.54, 1.807) is 4.68 Å². The second-order valence-electron chi connectivity index (χ2n) is 5.87. The lowest BCUT2D eigenvalue weighted by atomic mass is 10.4. The van der Waals surface area contributed by atoms with Crippen LogP contribution in [0.3, 0.4) is 0 Å². The molecule has 3 rings (SSSR count). The minimum absolute atomic E-state index is 0.0754. The van der Waals surface area contributed by atoms with Gasteiger partial charge in [-0.3, -0.25) is 9.48 Å². The Bertz CT molecular complexity index is 923. The van der Waals surface area contributed by atoms with E-state index in [9.17, 15) is 4.79 Å². The third kappa shape index (κ3) is 3.43. The second-order valence-corrected chi connectivity index (χ2v) is 6.24. The van der Waals surface area contributed by atoms with E-state index in [1.807, 2.05) is 44.5 Å². The van der Waals surface area contributed by atoms with E-state index in [2.05, 4.69) is 20.6 Å². The van der Waals surface area contributed by atoms with E-state index in [-0.39, 0.29) is 12.4 Å². The lowest BCUT2D eigenvalue weighted by molar-refractivity contribution is 0.0906. The average Bonchev–Trinajstić information content (AvgIpc) is 3.24. The van der Waals surface area contributed by atoms with Gasteiger partial charge in [-0.2, -0.15) is 10.1 Å². The molecule has 0 unspecified atom stereocenters. The van der Waals surface area contributed by atoms with Gasteiger partial charge >= 0.3 is 11.8 Å². The molecule has 1 amide bonds. The van der Waals surface area contributed by atoms with Crippen LogP contribution in [-0.2, 0) is 20.1 Å². The van der Waals surface area contributed by atoms with Gasteiger partial charge in [0.15, 0.2) is 5.82 Å². The number of rotatable bonds is 5. The molecule has 3 aromatic heterocycles. The Morgan fingerprint density at radius 2 is 2.08 bits per heavy atom. The summed E-state index contributed by atoms with van der Waals surface area (Å²) >= 11 is 6.12. The molecule has 0 aliphatic carbocycles. The van der Waals surface area contributed by atoms with Crippen molar-refractivity contribution >= 4 is 17.5 Å². The first-order chi connectivity index (χ1) is 11.9. The number of carbonyl (C=O) groups is 1. The molecule has 1 N–H and O–H groups in total. The van der Waals surface area contributed by atoms with E-state index in [1.165, 1.54) is 0 Å². The summed E-state index contributed by atoms with van der Waals surface area (Å²) in [5, 5.41) is 11.5. The highest BCUT2D eigenvalue weighted by Gasteiger charge is 2.17. The first kappa shape index (κ1) is 17.2. The Balaban J connectivity index is 1.65. The van der Waals surface area contributed by atoms with E-state index in [0.29, 0.717) is 17.4 Å². The maximum absolute atomic E-state index is 12.2. The minimum Gasteiger partial charge on any atom is -0.350 e. The molecule has 0 saturated carbocycles. The van der Waals surface area contributed by atoms with Gasteiger partial charge in [0.1, 0.15) is 6.54 Å². The summed E-state index contributed by atoms with van der Waals surface area (Å²) in [6.45, 7) is 6.35. The predicted molar refractivity (Wildman–Crippen MR) is 91.4 cm³/mol. The fourth-order valence-electron chi connectivity index (χ4n) is 2.46. The van der Waals surface area contributed by atoms with Crippen molar-refractivity contribution in [2.24, 2.45) is 7.05 Å². The molecule has 0 spiro atoms. The van der Waals surface area contributed by atoms with E-state index in [4.69, 9.17) is 16.1 Å². The third-order valence-corrected chi connectivity index (χ3v) is 4.70. The first-order valence-corrected chi connectivity index (χ1v) is 8.16.